The molecule has 1 aromatic carbocycles. The first kappa shape index (κ1) is 13.9. The van der Waals surface area contributed by atoms with Crippen molar-refractivity contribution in [3.8, 4) is 17.3 Å². The Balaban J connectivity index is 1.55. The Morgan fingerprint density at radius 1 is 1.18 bits per heavy atom. The zero-order valence-electron chi connectivity index (χ0n) is 11.7. The van der Waals surface area contributed by atoms with Crippen LogP contribution in [0.25, 0.3) is 11.5 Å². The second-order valence-corrected chi connectivity index (χ2v) is 4.73. The monoisotopic (exact) mass is 298 g/mol. The van der Waals surface area contributed by atoms with Crippen LogP contribution in [0.2, 0.25) is 0 Å². The molecular formula is C16H14N2O4. The van der Waals surface area contributed by atoms with E-state index in [2.05, 4.69) is 10.5 Å². The van der Waals surface area contributed by atoms with Crippen molar-refractivity contribution >= 4 is 5.91 Å². The van der Waals surface area contributed by atoms with Crippen molar-refractivity contribution in [2.45, 2.75) is 6.42 Å². The maximum Gasteiger partial charge on any atom is 0.273 e. The number of phenolic OH excluding ortho intramolecular Hbond substituents is 1. The third-order valence-corrected chi connectivity index (χ3v) is 3.14. The summed E-state index contributed by atoms with van der Waals surface area (Å²) >= 11 is 0. The predicted octanol–water partition coefficient (Wildman–Crippen LogP) is 2.61. The molecule has 0 saturated heterocycles. The minimum absolute atomic E-state index is 0.206. The zero-order valence-corrected chi connectivity index (χ0v) is 11.7. The van der Waals surface area contributed by atoms with Gasteiger partial charge in [-0.1, -0.05) is 17.3 Å². The van der Waals surface area contributed by atoms with Gasteiger partial charge in [-0.3, -0.25) is 4.79 Å². The molecule has 0 unspecified atom stereocenters. The molecule has 6 nitrogen and oxygen atoms in total. The van der Waals surface area contributed by atoms with E-state index in [9.17, 15) is 9.90 Å². The average molecular weight is 298 g/mol. The van der Waals surface area contributed by atoms with Gasteiger partial charge in [0.1, 0.15) is 5.75 Å². The Morgan fingerprint density at radius 2 is 2.00 bits per heavy atom. The Kier molecular flexibility index (Phi) is 3.91. The number of rotatable bonds is 5. The molecule has 2 heterocycles. The fourth-order valence-corrected chi connectivity index (χ4v) is 1.99. The van der Waals surface area contributed by atoms with Crippen LogP contribution in [0, 0.1) is 0 Å². The number of carbonyl (C=O) groups is 1. The highest BCUT2D eigenvalue weighted by atomic mass is 16.5. The van der Waals surface area contributed by atoms with Crippen molar-refractivity contribution in [1.82, 2.24) is 10.5 Å². The number of benzene rings is 1. The highest BCUT2D eigenvalue weighted by Gasteiger charge is 2.14. The maximum atomic E-state index is 12.0. The first-order valence-electron chi connectivity index (χ1n) is 6.79. The molecule has 3 aromatic rings. The van der Waals surface area contributed by atoms with Crippen LogP contribution in [0.15, 0.2) is 57.7 Å². The molecule has 2 aromatic heterocycles. The summed E-state index contributed by atoms with van der Waals surface area (Å²) in [5.74, 6) is 0.852. The molecule has 3 rings (SSSR count). The number of phenols is 1. The smallest absolute Gasteiger partial charge is 0.273 e. The minimum atomic E-state index is -0.305. The third-order valence-electron chi connectivity index (χ3n) is 3.14. The van der Waals surface area contributed by atoms with E-state index in [4.69, 9.17) is 8.94 Å². The van der Waals surface area contributed by atoms with E-state index in [1.54, 1.807) is 24.3 Å². The van der Waals surface area contributed by atoms with Gasteiger partial charge in [-0.05, 0) is 36.2 Å². The number of aromatic hydroxyl groups is 1. The molecule has 0 bridgehead atoms. The van der Waals surface area contributed by atoms with Gasteiger partial charge < -0.3 is 19.4 Å². The molecule has 22 heavy (non-hydrogen) atoms. The van der Waals surface area contributed by atoms with Gasteiger partial charge in [0, 0.05) is 12.6 Å². The highest BCUT2D eigenvalue weighted by Crippen LogP contribution is 2.20. The quantitative estimate of drug-likeness (QED) is 0.756. The summed E-state index contributed by atoms with van der Waals surface area (Å²) in [5.41, 5.74) is 1.23. The highest BCUT2D eigenvalue weighted by molar-refractivity contribution is 5.92. The van der Waals surface area contributed by atoms with E-state index in [0.717, 1.165) is 5.56 Å². The third kappa shape index (κ3) is 3.17. The first-order valence-corrected chi connectivity index (χ1v) is 6.79. The lowest BCUT2D eigenvalue weighted by Crippen LogP contribution is -2.25. The Labute approximate surface area is 126 Å². The van der Waals surface area contributed by atoms with Crippen LogP contribution in [0.1, 0.15) is 16.1 Å². The van der Waals surface area contributed by atoms with E-state index < -0.39 is 0 Å². The van der Waals surface area contributed by atoms with Gasteiger partial charge in [0.25, 0.3) is 5.91 Å². The zero-order chi connectivity index (χ0) is 15.4. The van der Waals surface area contributed by atoms with Gasteiger partial charge in [0.2, 0.25) is 5.76 Å². The predicted molar refractivity (Wildman–Crippen MR) is 78.3 cm³/mol. The number of hydrogen-bond acceptors (Lipinski definition) is 5. The standard InChI is InChI=1S/C16H14N2O4/c19-12-5-3-11(4-6-12)7-8-17-16(20)13-10-15(22-18-13)14-2-1-9-21-14/h1-6,9-10,19H,7-8H2,(H,17,20). The van der Waals surface area contributed by atoms with Crippen molar-refractivity contribution in [2.24, 2.45) is 0 Å². The molecule has 0 radical (unpaired) electrons. The Morgan fingerprint density at radius 3 is 2.73 bits per heavy atom. The fraction of sp³-hybridized carbons (Fsp3) is 0.125. The van der Waals surface area contributed by atoms with Crippen molar-refractivity contribution in [3.05, 3.63) is 60.0 Å². The number of nitrogens with one attached hydrogen (secondary N) is 1. The molecule has 0 spiro atoms. The summed E-state index contributed by atoms with van der Waals surface area (Å²) in [5, 5.41) is 15.7. The molecule has 0 aliphatic heterocycles. The van der Waals surface area contributed by atoms with Gasteiger partial charge in [-0.2, -0.15) is 0 Å². The van der Waals surface area contributed by atoms with Crippen molar-refractivity contribution in [2.75, 3.05) is 6.54 Å². The van der Waals surface area contributed by atoms with Crippen LogP contribution in [0.5, 0.6) is 5.75 Å². The Bertz CT molecular complexity index is 745. The molecular weight excluding hydrogens is 284 g/mol. The lowest BCUT2D eigenvalue weighted by Gasteiger charge is -2.03. The lowest BCUT2D eigenvalue weighted by atomic mass is 10.1. The second-order valence-electron chi connectivity index (χ2n) is 4.73. The summed E-state index contributed by atoms with van der Waals surface area (Å²) in [6.45, 7) is 0.465. The van der Waals surface area contributed by atoms with Crippen molar-refractivity contribution in [3.63, 3.8) is 0 Å². The van der Waals surface area contributed by atoms with Crippen LogP contribution >= 0.6 is 0 Å². The number of nitrogens with zero attached hydrogens (tertiary/aromatic N) is 1. The van der Waals surface area contributed by atoms with E-state index >= 15 is 0 Å². The second kappa shape index (κ2) is 6.17. The van der Waals surface area contributed by atoms with Crippen LogP contribution in [-0.2, 0) is 6.42 Å². The number of amides is 1. The first-order chi connectivity index (χ1) is 10.7. The number of aromatic nitrogens is 1. The normalized spacial score (nSPS) is 10.5. The van der Waals surface area contributed by atoms with Crippen LogP contribution in [0.4, 0.5) is 0 Å². The lowest BCUT2D eigenvalue weighted by molar-refractivity contribution is 0.0945. The minimum Gasteiger partial charge on any atom is -0.508 e. The average Bonchev–Trinajstić information content (AvgIpc) is 3.20. The molecule has 0 fully saturated rings. The summed E-state index contributed by atoms with van der Waals surface area (Å²) < 4.78 is 10.3. The van der Waals surface area contributed by atoms with Gasteiger partial charge in [-0.25, -0.2) is 0 Å². The molecule has 6 heteroatoms. The molecule has 0 atom stereocenters. The van der Waals surface area contributed by atoms with Gasteiger partial charge in [-0.15, -0.1) is 0 Å². The summed E-state index contributed by atoms with van der Waals surface area (Å²) in [6.07, 6.45) is 2.18. The van der Waals surface area contributed by atoms with Gasteiger partial charge in [0.05, 0.1) is 6.26 Å². The molecule has 2 N–H and O–H groups in total. The van der Waals surface area contributed by atoms with E-state index in [-0.39, 0.29) is 17.4 Å². The molecule has 0 saturated carbocycles. The van der Waals surface area contributed by atoms with E-state index in [1.807, 2.05) is 12.1 Å². The SMILES string of the molecule is O=C(NCCc1ccc(O)cc1)c1cc(-c2ccco2)on1. The molecule has 112 valence electrons. The van der Waals surface area contributed by atoms with Crippen LogP contribution < -0.4 is 5.32 Å². The van der Waals surface area contributed by atoms with Crippen molar-refractivity contribution in [1.29, 1.82) is 0 Å². The van der Waals surface area contributed by atoms with Crippen molar-refractivity contribution < 1.29 is 18.8 Å². The summed E-state index contributed by atoms with van der Waals surface area (Å²) in [4.78, 5) is 12.0. The summed E-state index contributed by atoms with van der Waals surface area (Å²) in [6, 6.07) is 11.9. The molecule has 1 amide bonds. The Hall–Kier alpha value is -3.02. The van der Waals surface area contributed by atoms with Gasteiger partial charge >= 0.3 is 0 Å². The topological polar surface area (TPSA) is 88.5 Å². The summed E-state index contributed by atoms with van der Waals surface area (Å²) in [7, 11) is 0. The molecule has 0 aliphatic carbocycles. The number of hydrogen-bond donors (Lipinski definition) is 2. The van der Waals surface area contributed by atoms with E-state index in [0.29, 0.717) is 24.5 Å². The number of carbonyl (C=O) groups excluding carboxylic acids is 1. The fourth-order valence-electron chi connectivity index (χ4n) is 1.99. The largest absolute Gasteiger partial charge is 0.508 e. The molecule has 0 aliphatic rings. The van der Waals surface area contributed by atoms with Crippen LogP contribution in [-0.4, -0.2) is 22.7 Å². The van der Waals surface area contributed by atoms with E-state index in [1.165, 1.54) is 12.3 Å². The van der Waals surface area contributed by atoms with Gasteiger partial charge in [0.15, 0.2) is 11.5 Å². The maximum absolute atomic E-state index is 12.0. The number of furan rings is 1. The van der Waals surface area contributed by atoms with Crippen LogP contribution in [0.3, 0.4) is 0 Å².